The van der Waals surface area contributed by atoms with Gasteiger partial charge in [0.1, 0.15) is 12.7 Å². The standard InChI is InChI=1S/C27H48O4Si/c1-7-8-9-14-19-24(28)20-15-11-16-21-25(31-32(5,6)27(2,3)4)26(29)30-22-23-17-12-10-13-18-23/h10,12-13,17-18,24-25,28H,7-9,11,14-16,19-22H2,1-6H3/t24-,25-/m1/s1. The van der Waals surface area contributed by atoms with Crippen LogP contribution < -0.4 is 0 Å². The molecule has 4 nitrogen and oxygen atoms in total. The first-order chi connectivity index (χ1) is 15.1. The van der Waals surface area contributed by atoms with Gasteiger partial charge in [-0.1, -0.05) is 103 Å². The Hall–Kier alpha value is -1.17. The summed E-state index contributed by atoms with van der Waals surface area (Å²) in [5.74, 6) is -0.255. The molecule has 0 saturated carbocycles. The van der Waals surface area contributed by atoms with E-state index in [0.29, 0.717) is 6.42 Å². The number of rotatable bonds is 16. The number of esters is 1. The number of benzene rings is 1. The minimum atomic E-state index is -2.09. The Labute approximate surface area is 198 Å². The molecular formula is C27H48O4Si. The molecule has 32 heavy (non-hydrogen) atoms. The first-order valence-corrected chi connectivity index (χ1v) is 15.5. The van der Waals surface area contributed by atoms with E-state index in [2.05, 4.69) is 40.8 Å². The van der Waals surface area contributed by atoms with Gasteiger partial charge in [0.25, 0.3) is 0 Å². The van der Waals surface area contributed by atoms with Gasteiger partial charge in [-0.05, 0) is 43.0 Å². The molecule has 0 radical (unpaired) electrons. The molecule has 1 aromatic rings. The van der Waals surface area contributed by atoms with Crippen LogP contribution in [0.4, 0.5) is 0 Å². The third-order valence-corrected chi connectivity index (χ3v) is 11.1. The second kappa shape index (κ2) is 14.9. The SMILES string of the molecule is CCCCCC[C@@H](O)CCCCC[C@@H](O[Si](C)(C)C(C)(C)C)C(=O)OCc1ccccc1. The number of carbonyl (C=O) groups is 1. The summed E-state index contributed by atoms with van der Waals surface area (Å²) in [6.07, 6.45) is 9.41. The molecule has 0 aromatic heterocycles. The van der Waals surface area contributed by atoms with E-state index < -0.39 is 14.4 Å². The Bertz CT molecular complexity index is 624. The van der Waals surface area contributed by atoms with Gasteiger partial charge in [0, 0.05) is 0 Å². The molecule has 5 heteroatoms. The van der Waals surface area contributed by atoms with Crippen molar-refractivity contribution in [2.75, 3.05) is 0 Å². The highest BCUT2D eigenvalue weighted by atomic mass is 28.4. The summed E-state index contributed by atoms with van der Waals surface area (Å²) >= 11 is 0. The Balaban J connectivity index is 2.51. The van der Waals surface area contributed by atoms with E-state index in [0.717, 1.165) is 44.1 Å². The van der Waals surface area contributed by atoms with Crippen molar-refractivity contribution in [2.45, 2.75) is 129 Å². The molecule has 1 aromatic carbocycles. The van der Waals surface area contributed by atoms with Gasteiger partial charge in [0.15, 0.2) is 8.32 Å². The third-order valence-electron chi connectivity index (χ3n) is 6.62. The van der Waals surface area contributed by atoms with Gasteiger partial charge in [0.2, 0.25) is 0 Å². The highest BCUT2D eigenvalue weighted by molar-refractivity contribution is 6.74. The number of aliphatic hydroxyl groups excluding tert-OH is 1. The van der Waals surface area contributed by atoms with Crippen LogP contribution in [0.5, 0.6) is 0 Å². The monoisotopic (exact) mass is 464 g/mol. The first kappa shape index (κ1) is 28.9. The first-order valence-electron chi connectivity index (χ1n) is 12.6. The fraction of sp³-hybridized carbons (Fsp3) is 0.741. The topological polar surface area (TPSA) is 55.8 Å². The molecule has 0 amide bonds. The molecule has 0 spiro atoms. The molecule has 0 aliphatic carbocycles. The largest absolute Gasteiger partial charge is 0.459 e. The van der Waals surface area contributed by atoms with Gasteiger partial charge < -0.3 is 14.3 Å². The highest BCUT2D eigenvalue weighted by Gasteiger charge is 2.41. The fourth-order valence-corrected chi connectivity index (χ4v) is 4.70. The van der Waals surface area contributed by atoms with Crippen molar-refractivity contribution in [3.8, 4) is 0 Å². The van der Waals surface area contributed by atoms with E-state index in [-0.39, 0.29) is 23.7 Å². The molecule has 0 fully saturated rings. The van der Waals surface area contributed by atoms with Crippen molar-refractivity contribution in [1.29, 1.82) is 0 Å². The molecule has 0 heterocycles. The number of ether oxygens (including phenoxy) is 1. The van der Waals surface area contributed by atoms with E-state index in [4.69, 9.17) is 9.16 Å². The lowest BCUT2D eigenvalue weighted by Crippen LogP contribution is -2.46. The predicted molar refractivity (Wildman–Crippen MR) is 136 cm³/mol. The summed E-state index contributed by atoms with van der Waals surface area (Å²) in [6, 6.07) is 9.78. The van der Waals surface area contributed by atoms with Crippen LogP contribution in [0, 0.1) is 0 Å². The molecule has 0 saturated heterocycles. The van der Waals surface area contributed by atoms with Crippen molar-refractivity contribution in [2.24, 2.45) is 0 Å². The molecule has 1 N–H and O–H groups in total. The number of aliphatic hydroxyl groups is 1. The normalized spacial score (nSPS) is 14.2. The lowest BCUT2D eigenvalue weighted by Gasteiger charge is -2.38. The van der Waals surface area contributed by atoms with Crippen LogP contribution in [0.25, 0.3) is 0 Å². The van der Waals surface area contributed by atoms with Gasteiger partial charge in [0.05, 0.1) is 6.10 Å². The minimum absolute atomic E-state index is 0.0346. The number of hydrogen-bond donors (Lipinski definition) is 1. The third kappa shape index (κ3) is 11.6. The molecule has 0 aliphatic rings. The zero-order valence-corrected chi connectivity index (χ0v) is 22.5. The van der Waals surface area contributed by atoms with Crippen LogP contribution in [0.3, 0.4) is 0 Å². The zero-order chi connectivity index (χ0) is 24.0. The second-order valence-corrected chi connectivity index (χ2v) is 15.4. The summed E-state index contributed by atoms with van der Waals surface area (Å²) in [7, 11) is -2.09. The Morgan fingerprint density at radius 2 is 1.50 bits per heavy atom. The van der Waals surface area contributed by atoms with Crippen molar-refractivity contribution in [1.82, 2.24) is 0 Å². The van der Waals surface area contributed by atoms with Crippen molar-refractivity contribution >= 4 is 14.3 Å². The summed E-state index contributed by atoms with van der Waals surface area (Å²) < 4.78 is 12.1. The van der Waals surface area contributed by atoms with Crippen molar-refractivity contribution in [3.63, 3.8) is 0 Å². The zero-order valence-electron chi connectivity index (χ0n) is 21.5. The highest BCUT2D eigenvalue weighted by Crippen LogP contribution is 2.38. The van der Waals surface area contributed by atoms with E-state index >= 15 is 0 Å². The number of carbonyl (C=O) groups excluding carboxylic acids is 1. The van der Waals surface area contributed by atoms with E-state index in [1.807, 2.05) is 30.3 Å². The molecule has 0 unspecified atom stereocenters. The average molecular weight is 465 g/mol. The summed E-state index contributed by atoms with van der Waals surface area (Å²) in [4.78, 5) is 12.9. The maximum absolute atomic E-state index is 12.9. The molecule has 0 bridgehead atoms. The van der Waals surface area contributed by atoms with Gasteiger partial charge in [-0.25, -0.2) is 4.79 Å². The van der Waals surface area contributed by atoms with Gasteiger partial charge in [-0.2, -0.15) is 0 Å². The molecular weight excluding hydrogens is 416 g/mol. The molecule has 1 rings (SSSR count). The van der Waals surface area contributed by atoms with Crippen molar-refractivity contribution < 1.29 is 19.1 Å². The van der Waals surface area contributed by atoms with Crippen LogP contribution in [-0.4, -0.2) is 31.6 Å². The number of hydrogen-bond acceptors (Lipinski definition) is 4. The lowest BCUT2D eigenvalue weighted by molar-refractivity contribution is -0.154. The van der Waals surface area contributed by atoms with E-state index in [9.17, 15) is 9.90 Å². The predicted octanol–water partition coefficient (Wildman–Crippen LogP) is 7.40. The maximum Gasteiger partial charge on any atom is 0.334 e. The smallest absolute Gasteiger partial charge is 0.334 e. The van der Waals surface area contributed by atoms with Gasteiger partial charge >= 0.3 is 5.97 Å². The Morgan fingerprint density at radius 3 is 2.06 bits per heavy atom. The minimum Gasteiger partial charge on any atom is -0.459 e. The number of unbranched alkanes of at least 4 members (excludes halogenated alkanes) is 5. The van der Waals surface area contributed by atoms with Crippen LogP contribution in [0.15, 0.2) is 30.3 Å². The van der Waals surface area contributed by atoms with Crippen LogP contribution in [0.2, 0.25) is 18.1 Å². The lowest BCUT2D eigenvalue weighted by atomic mass is 10.0. The van der Waals surface area contributed by atoms with E-state index in [1.54, 1.807) is 0 Å². The molecule has 0 aliphatic heterocycles. The fourth-order valence-electron chi connectivity index (χ4n) is 3.42. The summed E-state index contributed by atoms with van der Waals surface area (Å²) in [5.41, 5.74) is 0.986. The quantitative estimate of drug-likeness (QED) is 0.157. The van der Waals surface area contributed by atoms with E-state index in [1.165, 1.54) is 19.3 Å². The van der Waals surface area contributed by atoms with Gasteiger partial charge in [-0.3, -0.25) is 0 Å². The second-order valence-electron chi connectivity index (χ2n) is 10.6. The average Bonchev–Trinajstić information content (AvgIpc) is 2.74. The summed E-state index contributed by atoms with van der Waals surface area (Å²) in [6.45, 7) is 13.4. The van der Waals surface area contributed by atoms with Crippen LogP contribution in [-0.2, 0) is 20.6 Å². The van der Waals surface area contributed by atoms with Crippen LogP contribution >= 0.6 is 0 Å². The van der Waals surface area contributed by atoms with Crippen LogP contribution in [0.1, 0.15) is 97.5 Å². The summed E-state index contributed by atoms with van der Waals surface area (Å²) in [5, 5.41) is 10.2. The molecule has 2 atom stereocenters. The Morgan fingerprint density at radius 1 is 0.938 bits per heavy atom. The Kier molecular flexibility index (Phi) is 13.4. The van der Waals surface area contributed by atoms with Crippen molar-refractivity contribution in [3.05, 3.63) is 35.9 Å². The van der Waals surface area contributed by atoms with Gasteiger partial charge in [-0.15, -0.1) is 0 Å². The maximum atomic E-state index is 12.9. The molecule has 184 valence electrons.